The first-order valence-electron chi connectivity index (χ1n) is 6.84. The average Bonchev–Trinajstić information content (AvgIpc) is 3.23. The molecule has 1 aromatic carbocycles. The van der Waals surface area contributed by atoms with Gasteiger partial charge < -0.3 is 15.6 Å². The zero-order valence-corrected chi connectivity index (χ0v) is 13.2. The highest BCUT2D eigenvalue weighted by atomic mass is 32.2. The molecule has 0 radical (unpaired) electrons. The Bertz CT molecular complexity index is 897. The number of nitrogens with two attached hydrogens (primary N) is 1. The van der Waals surface area contributed by atoms with Gasteiger partial charge in [-0.2, -0.15) is 5.26 Å². The molecule has 0 unspecified atom stereocenters. The van der Waals surface area contributed by atoms with Crippen LogP contribution < -0.4 is 11.2 Å². The van der Waals surface area contributed by atoms with Crippen LogP contribution in [0.1, 0.15) is 5.56 Å². The Morgan fingerprint density at radius 2 is 2.25 bits per heavy atom. The molecule has 120 valence electrons. The molecule has 0 bridgehead atoms. The number of benzene rings is 1. The zero-order chi connectivity index (χ0) is 16.9. The minimum absolute atomic E-state index is 0.101. The fourth-order valence-electron chi connectivity index (χ4n) is 1.94. The molecule has 1 amide bonds. The fraction of sp³-hybridized carbons (Fsp3) is 0.0667. The van der Waals surface area contributed by atoms with Gasteiger partial charge in [0.05, 0.1) is 23.6 Å². The molecule has 0 aliphatic rings. The van der Waals surface area contributed by atoms with E-state index in [0.717, 1.165) is 11.8 Å². The van der Waals surface area contributed by atoms with Gasteiger partial charge in [-0.05, 0) is 30.3 Å². The number of aromatic nitrogens is 3. The van der Waals surface area contributed by atoms with Crippen molar-refractivity contribution in [3.63, 3.8) is 0 Å². The van der Waals surface area contributed by atoms with Crippen LogP contribution in [-0.4, -0.2) is 26.5 Å². The third-order valence-electron chi connectivity index (χ3n) is 3.01. The Morgan fingerprint density at radius 3 is 3.00 bits per heavy atom. The van der Waals surface area contributed by atoms with E-state index >= 15 is 0 Å². The maximum atomic E-state index is 12.0. The van der Waals surface area contributed by atoms with E-state index in [1.807, 2.05) is 6.07 Å². The quantitative estimate of drug-likeness (QED) is 0.536. The molecule has 3 aromatic rings. The van der Waals surface area contributed by atoms with Crippen molar-refractivity contribution in [1.29, 1.82) is 5.26 Å². The standard InChI is InChI=1S/C15H12N6O2S/c16-8-10-3-1-4-11(7-10)18-13(22)9-24-15-20-19-14(21(15)17)12-5-2-6-23-12/h1-7H,9,17H2,(H,18,22). The third kappa shape index (κ3) is 3.39. The summed E-state index contributed by atoms with van der Waals surface area (Å²) in [6.07, 6.45) is 1.51. The summed E-state index contributed by atoms with van der Waals surface area (Å²) >= 11 is 1.15. The number of amides is 1. The second-order valence-corrected chi connectivity index (χ2v) is 5.63. The normalized spacial score (nSPS) is 10.3. The number of furan rings is 1. The number of carbonyl (C=O) groups excluding carboxylic acids is 1. The molecule has 0 aliphatic heterocycles. The molecule has 2 heterocycles. The fourth-order valence-corrected chi connectivity index (χ4v) is 2.60. The molecular weight excluding hydrogens is 328 g/mol. The highest BCUT2D eigenvalue weighted by molar-refractivity contribution is 7.99. The SMILES string of the molecule is N#Cc1cccc(NC(=O)CSc2nnc(-c3ccco3)n2N)c1. The number of hydrogen-bond acceptors (Lipinski definition) is 7. The summed E-state index contributed by atoms with van der Waals surface area (Å²) in [6, 6.07) is 12.1. The summed E-state index contributed by atoms with van der Waals surface area (Å²) in [6.45, 7) is 0. The number of nitrogen functional groups attached to an aromatic ring is 1. The van der Waals surface area contributed by atoms with Crippen molar-refractivity contribution in [2.45, 2.75) is 5.16 Å². The Morgan fingerprint density at radius 1 is 1.38 bits per heavy atom. The first-order valence-corrected chi connectivity index (χ1v) is 7.83. The molecule has 0 spiro atoms. The molecule has 3 rings (SSSR count). The zero-order valence-electron chi connectivity index (χ0n) is 12.3. The van der Waals surface area contributed by atoms with Crippen LogP contribution in [0.4, 0.5) is 5.69 Å². The van der Waals surface area contributed by atoms with Gasteiger partial charge in [0.2, 0.25) is 16.9 Å². The predicted octanol–water partition coefficient (Wildman–Crippen LogP) is 1.85. The van der Waals surface area contributed by atoms with Crippen molar-refractivity contribution in [2.75, 3.05) is 16.9 Å². The summed E-state index contributed by atoms with van der Waals surface area (Å²) in [5, 5.41) is 19.9. The first-order chi connectivity index (χ1) is 11.7. The second-order valence-electron chi connectivity index (χ2n) is 4.68. The highest BCUT2D eigenvalue weighted by Gasteiger charge is 2.15. The van der Waals surface area contributed by atoms with Crippen molar-refractivity contribution in [3.05, 3.63) is 48.2 Å². The minimum Gasteiger partial charge on any atom is -0.461 e. The van der Waals surface area contributed by atoms with E-state index < -0.39 is 0 Å². The predicted molar refractivity (Wildman–Crippen MR) is 88.4 cm³/mol. The van der Waals surface area contributed by atoms with Gasteiger partial charge in [-0.1, -0.05) is 17.8 Å². The number of nitriles is 1. The van der Waals surface area contributed by atoms with Gasteiger partial charge in [0.1, 0.15) is 0 Å². The Balaban J connectivity index is 1.62. The van der Waals surface area contributed by atoms with Crippen LogP contribution in [0.5, 0.6) is 0 Å². The first kappa shape index (κ1) is 15.6. The van der Waals surface area contributed by atoms with Gasteiger partial charge in [-0.25, -0.2) is 4.68 Å². The van der Waals surface area contributed by atoms with Crippen LogP contribution in [0.25, 0.3) is 11.6 Å². The number of carbonyl (C=O) groups is 1. The maximum absolute atomic E-state index is 12.0. The molecule has 24 heavy (non-hydrogen) atoms. The van der Waals surface area contributed by atoms with Gasteiger partial charge in [-0.15, -0.1) is 10.2 Å². The van der Waals surface area contributed by atoms with Gasteiger partial charge in [-0.3, -0.25) is 4.79 Å². The van der Waals surface area contributed by atoms with Crippen molar-refractivity contribution in [3.8, 4) is 17.7 Å². The van der Waals surface area contributed by atoms with Crippen molar-refractivity contribution in [2.24, 2.45) is 0 Å². The minimum atomic E-state index is -0.238. The molecule has 2 aromatic heterocycles. The van der Waals surface area contributed by atoms with Gasteiger partial charge in [0, 0.05) is 5.69 Å². The van der Waals surface area contributed by atoms with Crippen LogP contribution >= 0.6 is 11.8 Å². The largest absolute Gasteiger partial charge is 0.461 e. The van der Waals surface area contributed by atoms with Crippen LogP contribution in [0.3, 0.4) is 0 Å². The number of anilines is 1. The highest BCUT2D eigenvalue weighted by Crippen LogP contribution is 2.22. The van der Waals surface area contributed by atoms with Crippen molar-refractivity contribution >= 4 is 23.4 Å². The smallest absolute Gasteiger partial charge is 0.234 e. The van der Waals surface area contributed by atoms with Crippen LogP contribution in [0.15, 0.2) is 52.2 Å². The molecule has 3 N–H and O–H groups in total. The molecule has 8 nitrogen and oxygen atoms in total. The summed E-state index contributed by atoms with van der Waals surface area (Å²) in [7, 11) is 0. The third-order valence-corrected chi connectivity index (χ3v) is 3.96. The van der Waals surface area contributed by atoms with Crippen LogP contribution in [-0.2, 0) is 4.79 Å². The molecule has 0 fully saturated rings. The summed E-state index contributed by atoms with van der Waals surface area (Å²) < 4.78 is 6.49. The molecule has 0 aliphatic carbocycles. The van der Waals surface area contributed by atoms with E-state index in [-0.39, 0.29) is 11.7 Å². The lowest BCUT2D eigenvalue weighted by atomic mass is 10.2. The number of hydrogen-bond donors (Lipinski definition) is 2. The second kappa shape index (κ2) is 6.89. The van der Waals surface area contributed by atoms with E-state index in [4.69, 9.17) is 15.5 Å². The Labute approximate surface area is 141 Å². The lowest BCUT2D eigenvalue weighted by Crippen LogP contribution is -2.16. The number of thioether (sulfide) groups is 1. The lowest BCUT2D eigenvalue weighted by Gasteiger charge is -2.05. The van der Waals surface area contributed by atoms with E-state index in [1.165, 1.54) is 10.9 Å². The maximum Gasteiger partial charge on any atom is 0.234 e. The lowest BCUT2D eigenvalue weighted by molar-refractivity contribution is -0.113. The van der Waals surface area contributed by atoms with Crippen molar-refractivity contribution in [1.82, 2.24) is 14.9 Å². The van der Waals surface area contributed by atoms with E-state index in [9.17, 15) is 4.79 Å². The van der Waals surface area contributed by atoms with E-state index in [1.54, 1.807) is 36.4 Å². The Kier molecular flexibility index (Phi) is 4.49. The van der Waals surface area contributed by atoms with E-state index in [0.29, 0.717) is 28.0 Å². The molecule has 0 saturated carbocycles. The van der Waals surface area contributed by atoms with Gasteiger partial charge >= 0.3 is 0 Å². The Hall–Kier alpha value is -3.25. The molecular formula is C15H12N6O2S. The number of rotatable bonds is 5. The monoisotopic (exact) mass is 340 g/mol. The summed E-state index contributed by atoms with van der Waals surface area (Å²) in [4.78, 5) is 12.0. The van der Waals surface area contributed by atoms with E-state index in [2.05, 4.69) is 15.5 Å². The molecule has 9 heteroatoms. The average molecular weight is 340 g/mol. The summed E-state index contributed by atoms with van der Waals surface area (Å²) in [5.74, 6) is 6.65. The topological polar surface area (TPSA) is 123 Å². The van der Waals surface area contributed by atoms with Crippen LogP contribution in [0.2, 0.25) is 0 Å². The number of nitrogens with one attached hydrogen (secondary N) is 1. The molecule has 0 saturated heterocycles. The van der Waals surface area contributed by atoms with Gasteiger partial charge in [0.15, 0.2) is 5.76 Å². The van der Waals surface area contributed by atoms with Crippen molar-refractivity contribution < 1.29 is 9.21 Å². The molecule has 0 atom stereocenters. The van der Waals surface area contributed by atoms with Gasteiger partial charge in [0.25, 0.3) is 0 Å². The number of nitrogens with zero attached hydrogens (tertiary/aromatic N) is 4. The summed E-state index contributed by atoms with van der Waals surface area (Å²) in [5.41, 5.74) is 1.04. The van der Waals surface area contributed by atoms with Crippen LogP contribution in [0, 0.1) is 11.3 Å².